The van der Waals surface area contributed by atoms with E-state index in [-0.39, 0.29) is 5.75 Å². The van der Waals surface area contributed by atoms with Crippen molar-refractivity contribution in [2.75, 3.05) is 30.8 Å². The maximum absolute atomic E-state index is 10.4. The Hall–Kier alpha value is -0.860. The zero-order valence-electron chi connectivity index (χ0n) is 10.4. The number of aromatic nitrogens is 2. The van der Waals surface area contributed by atoms with E-state index in [1.807, 2.05) is 0 Å². The molecule has 0 aliphatic heterocycles. The molecule has 0 aliphatic rings. The Morgan fingerprint density at radius 3 is 3.00 bits per heavy atom. The highest BCUT2D eigenvalue weighted by Gasteiger charge is 2.06. The highest BCUT2D eigenvalue weighted by Crippen LogP contribution is 2.24. The molecule has 2 N–H and O–H groups in total. The molecule has 0 radical (unpaired) electrons. The number of hydrogen-bond acceptors (Lipinski definition) is 7. The summed E-state index contributed by atoms with van der Waals surface area (Å²) in [6.45, 7) is 6.24. The second kappa shape index (κ2) is 8.28. The van der Waals surface area contributed by atoms with Crippen molar-refractivity contribution in [2.45, 2.75) is 18.2 Å². The van der Waals surface area contributed by atoms with Gasteiger partial charge in [0.05, 0.1) is 12.4 Å². The molecule has 0 atom stereocenters. The summed E-state index contributed by atoms with van der Waals surface area (Å²) in [6.07, 6.45) is 0. The number of carboxylic acid groups (broad SMARTS) is 1. The monoisotopic (exact) mass is 291 g/mol. The van der Waals surface area contributed by atoms with Crippen LogP contribution in [0, 0.1) is 5.92 Å². The largest absolute Gasteiger partial charge is 0.481 e. The number of aliphatic carboxylic acids is 1. The van der Waals surface area contributed by atoms with Crippen LogP contribution in [-0.4, -0.2) is 46.8 Å². The lowest BCUT2D eigenvalue weighted by Crippen LogP contribution is -2.11. The van der Waals surface area contributed by atoms with Crippen LogP contribution < -0.4 is 5.32 Å². The molecule has 0 bridgehead atoms. The summed E-state index contributed by atoms with van der Waals surface area (Å²) in [6, 6.07) is 0. The van der Waals surface area contributed by atoms with Crippen LogP contribution >= 0.6 is 23.1 Å². The molecule has 6 nitrogen and oxygen atoms in total. The first-order valence-electron chi connectivity index (χ1n) is 5.57. The number of anilines is 1. The summed E-state index contributed by atoms with van der Waals surface area (Å²) >= 11 is 2.52. The average Bonchev–Trinajstić information content (AvgIpc) is 2.73. The average molecular weight is 291 g/mol. The maximum atomic E-state index is 10.4. The van der Waals surface area contributed by atoms with Gasteiger partial charge < -0.3 is 15.2 Å². The Kier molecular flexibility index (Phi) is 6.99. The van der Waals surface area contributed by atoms with Crippen molar-refractivity contribution in [1.29, 1.82) is 0 Å². The predicted octanol–water partition coefficient (Wildman–Crippen LogP) is 1.80. The van der Waals surface area contributed by atoms with Gasteiger partial charge >= 0.3 is 5.97 Å². The van der Waals surface area contributed by atoms with Crippen molar-refractivity contribution in [3.05, 3.63) is 0 Å². The van der Waals surface area contributed by atoms with Gasteiger partial charge in [-0.1, -0.05) is 36.9 Å². The normalized spacial score (nSPS) is 10.8. The van der Waals surface area contributed by atoms with E-state index in [4.69, 9.17) is 9.84 Å². The van der Waals surface area contributed by atoms with Crippen molar-refractivity contribution in [3.63, 3.8) is 0 Å². The molecule has 1 aromatic heterocycles. The summed E-state index contributed by atoms with van der Waals surface area (Å²) in [5, 5.41) is 20.1. The molecular weight excluding hydrogens is 274 g/mol. The zero-order valence-corrected chi connectivity index (χ0v) is 12.0. The van der Waals surface area contributed by atoms with Gasteiger partial charge in [0.25, 0.3) is 0 Å². The van der Waals surface area contributed by atoms with Crippen molar-refractivity contribution in [1.82, 2.24) is 10.2 Å². The fourth-order valence-electron chi connectivity index (χ4n) is 1.01. The third-order valence-electron chi connectivity index (χ3n) is 1.70. The Bertz CT molecular complexity index is 371. The van der Waals surface area contributed by atoms with Crippen molar-refractivity contribution in [2.24, 2.45) is 5.92 Å². The highest BCUT2D eigenvalue weighted by atomic mass is 32.2. The van der Waals surface area contributed by atoms with Crippen LogP contribution in [0.3, 0.4) is 0 Å². The standard InChI is InChI=1S/C10H17N3O3S2/c1-7(2)5-16-4-3-11-9-12-13-10(18-9)17-6-8(14)15/h7H,3-6H2,1-2H3,(H,11,12)(H,14,15). The van der Waals surface area contributed by atoms with Gasteiger partial charge in [0.2, 0.25) is 5.13 Å². The molecule has 0 fully saturated rings. The van der Waals surface area contributed by atoms with E-state index in [0.29, 0.717) is 28.5 Å². The van der Waals surface area contributed by atoms with E-state index in [9.17, 15) is 4.79 Å². The van der Waals surface area contributed by atoms with Gasteiger partial charge in [-0.3, -0.25) is 4.79 Å². The third-order valence-corrected chi connectivity index (χ3v) is 3.70. The van der Waals surface area contributed by atoms with Gasteiger partial charge in [-0.25, -0.2) is 0 Å². The topological polar surface area (TPSA) is 84.3 Å². The number of carbonyl (C=O) groups is 1. The smallest absolute Gasteiger partial charge is 0.313 e. The number of rotatable bonds is 9. The number of thioether (sulfide) groups is 1. The Labute approximate surface area is 114 Å². The molecule has 1 rings (SSSR count). The molecule has 0 amide bonds. The molecule has 102 valence electrons. The zero-order chi connectivity index (χ0) is 13.4. The molecule has 0 saturated carbocycles. The molecule has 0 aromatic carbocycles. The third kappa shape index (κ3) is 6.77. The molecule has 8 heteroatoms. The number of nitrogens with zero attached hydrogens (tertiary/aromatic N) is 2. The molecular formula is C10H17N3O3S2. The fourth-order valence-corrected chi connectivity index (χ4v) is 2.51. The molecule has 1 heterocycles. The second-order valence-corrected chi connectivity index (χ2v) is 6.15. The van der Waals surface area contributed by atoms with Crippen LogP contribution in [0.2, 0.25) is 0 Å². The van der Waals surface area contributed by atoms with Crippen LogP contribution in [0.4, 0.5) is 5.13 Å². The first kappa shape index (κ1) is 15.2. The van der Waals surface area contributed by atoms with Gasteiger partial charge in [0.15, 0.2) is 4.34 Å². The fraction of sp³-hybridized carbons (Fsp3) is 0.700. The lowest BCUT2D eigenvalue weighted by atomic mass is 10.2. The van der Waals surface area contributed by atoms with Gasteiger partial charge in [0.1, 0.15) is 0 Å². The summed E-state index contributed by atoms with van der Waals surface area (Å²) in [5.41, 5.74) is 0. The maximum Gasteiger partial charge on any atom is 0.313 e. The van der Waals surface area contributed by atoms with Crippen molar-refractivity contribution < 1.29 is 14.6 Å². The Morgan fingerprint density at radius 1 is 1.56 bits per heavy atom. The minimum Gasteiger partial charge on any atom is -0.481 e. The number of hydrogen-bond donors (Lipinski definition) is 2. The molecule has 0 aliphatic carbocycles. The quantitative estimate of drug-likeness (QED) is 0.530. The molecule has 0 spiro atoms. The van der Waals surface area contributed by atoms with E-state index in [0.717, 1.165) is 6.61 Å². The summed E-state index contributed by atoms with van der Waals surface area (Å²) in [4.78, 5) is 10.4. The minimum atomic E-state index is -0.855. The van der Waals surface area contributed by atoms with E-state index < -0.39 is 5.97 Å². The van der Waals surface area contributed by atoms with Gasteiger partial charge in [-0.05, 0) is 5.92 Å². The molecule has 1 aromatic rings. The lowest BCUT2D eigenvalue weighted by Gasteiger charge is -2.06. The SMILES string of the molecule is CC(C)COCCNc1nnc(SCC(=O)O)s1. The summed E-state index contributed by atoms with van der Waals surface area (Å²) < 4.78 is 6.07. The van der Waals surface area contributed by atoms with Crippen molar-refractivity contribution in [3.8, 4) is 0 Å². The number of ether oxygens (including phenoxy) is 1. The highest BCUT2D eigenvalue weighted by molar-refractivity contribution is 8.01. The second-order valence-electron chi connectivity index (χ2n) is 3.95. The van der Waals surface area contributed by atoms with Gasteiger partial charge in [-0.15, -0.1) is 10.2 Å². The number of nitrogens with one attached hydrogen (secondary N) is 1. The van der Waals surface area contributed by atoms with Gasteiger partial charge in [-0.2, -0.15) is 0 Å². The van der Waals surface area contributed by atoms with Crippen molar-refractivity contribution >= 4 is 34.2 Å². The molecule has 0 unspecified atom stereocenters. The van der Waals surface area contributed by atoms with E-state index in [1.54, 1.807) is 0 Å². The first-order chi connectivity index (χ1) is 8.58. The van der Waals surface area contributed by atoms with Crippen LogP contribution in [0.25, 0.3) is 0 Å². The lowest BCUT2D eigenvalue weighted by molar-refractivity contribution is -0.133. The predicted molar refractivity (Wildman–Crippen MR) is 72.4 cm³/mol. The van der Waals surface area contributed by atoms with Crippen LogP contribution in [0.15, 0.2) is 4.34 Å². The molecule has 18 heavy (non-hydrogen) atoms. The summed E-state index contributed by atoms with van der Waals surface area (Å²) in [5.74, 6) is -0.316. The minimum absolute atomic E-state index is 0.00608. The number of carboxylic acids is 1. The van der Waals surface area contributed by atoms with E-state index in [1.165, 1.54) is 23.1 Å². The Morgan fingerprint density at radius 2 is 2.33 bits per heavy atom. The first-order valence-corrected chi connectivity index (χ1v) is 7.38. The van der Waals surface area contributed by atoms with Crippen LogP contribution in [-0.2, 0) is 9.53 Å². The summed E-state index contributed by atoms with van der Waals surface area (Å²) in [7, 11) is 0. The van der Waals surface area contributed by atoms with Gasteiger partial charge in [0, 0.05) is 13.2 Å². The van der Waals surface area contributed by atoms with Crippen LogP contribution in [0.5, 0.6) is 0 Å². The van der Waals surface area contributed by atoms with E-state index in [2.05, 4.69) is 29.4 Å². The van der Waals surface area contributed by atoms with E-state index >= 15 is 0 Å². The molecule has 0 saturated heterocycles. The Balaban J connectivity index is 2.17. The van der Waals surface area contributed by atoms with Crippen LogP contribution in [0.1, 0.15) is 13.8 Å².